The quantitative estimate of drug-likeness (QED) is 0.270. The summed E-state index contributed by atoms with van der Waals surface area (Å²) >= 11 is 15.4. The molecule has 0 aliphatic rings. The van der Waals surface area contributed by atoms with Gasteiger partial charge in [0, 0.05) is 27.4 Å². The highest BCUT2D eigenvalue weighted by Gasteiger charge is 2.18. The van der Waals surface area contributed by atoms with Gasteiger partial charge in [0.05, 0.1) is 10.2 Å². The molecule has 3 aromatic carbocycles. The third kappa shape index (κ3) is 5.63. The van der Waals surface area contributed by atoms with Crippen LogP contribution in [-0.2, 0) is 6.73 Å². The Balaban J connectivity index is 1.48. The zero-order chi connectivity index (χ0) is 23.4. The molecule has 1 N–H and O–H groups in total. The van der Waals surface area contributed by atoms with Gasteiger partial charge in [-0.2, -0.15) is 5.10 Å². The van der Waals surface area contributed by atoms with E-state index in [0.717, 1.165) is 0 Å². The fraction of sp³-hybridized carbons (Fsp3) is 0.0417. The topological polar surface area (TPSA) is 73.2 Å². The Labute approximate surface area is 208 Å². The summed E-state index contributed by atoms with van der Waals surface area (Å²) in [5, 5.41) is 7.97. The summed E-state index contributed by atoms with van der Waals surface area (Å²) in [7, 11) is 0. The van der Waals surface area contributed by atoms with Crippen LogP contribution in [0.3, 0.4) is 0 Å². The Morgan fingerprint density at radius 2 is 1.70 bits per heavy atom. The number of hydrogen-bond donors (Lipinski definition) is 1. The Bertz CT molecular complexity index is 1330. The molecule has 0 saturated heterocycles. The minimum atomic E-state index is -0.467. The summed E-state index contributed by atoms with van der Waals surface area (Å²) in [5.41, 5.74) is 1.29. The van der Waals surface area contributed by atoms with Crippen molar-refractivity contribution in [1.82, 2.24) is 9.78 Å². The number of ether oxygens (including phenoxy) is 1. The van der Waals surface area contributed by atoms with Crippen LogP contribution in [0.2, 0.25) is 10.0 Å². The number of carbonyl (C=O) groups is 2. The van der Waals surface area contributed by atoms with Crippen molar-refractivity contribution in [2.75, 3.05) is 5.32 Å². The van der Waals surface area contributed by atoms with Crippen molar-refractivity contribution in [1.29, 1.82) is 0 Å². The summed E-state index contributed by atoms with van der Waals surface area (Å²) in [6.45, 7) is 0.0895. The van der Waals surface area contributed by atoms with E-state index in [4.69, 9.17) is 27.9 Å². The first kappa shape index (κ1) is 23.0. The van der Waals surface area contributed by atoms with Crippen molar-refractivity contribution in [2.24, 2.45) is 0 Å². The largest absolute Gasteiger partial charge is 0.470 e. The predicted molar refractivity (Wildman–Crippen MR) is 131 cm³/mol. The molecule has 0 bridgehead atoms. The van der Waals surface area contributed by atoms with E-state index in [-0.39, 0.29) is 23.8 Å². The number of aromatic nitrogens is 2. The number of benzene rings is 3. The third-order valence-corrected chi connectivity index (χ3v) is 5.72. The van der Waals surface area contributed by atoms with Gasteiger partial charge in [-0.1, -0.05) is 53.5 Å². The highest BCUT2D eigenvalue weighted by molar-refractivity contribution is 9.10. The van der Waals surface area contributed by atoms with Crippen molar-refractivity contribution in [3.8, 4) is 5.75 Å². The van der Waals surface area contributed by atoms with Crippen molar-refractivity contribution in [2.45, 2.75) is 6.73 Å². The van der Waals surface area contributed by atoms with Gasteiger partial charge in [-0.05, 0) is 58.4 Å². The molecule has 4 aromatic rings. The average Bonchev–Trinajstić information content (AvgIpc) is 3.29. The lowest BCUT2D eigenvalue weighted by Crippen LogP contribution is -2.16. The normalized spacial score (nSPS) is 10.6. The molecule has 1 aromatic heterocycles. The molecular weight excluding hydrogens is 529 g/mol. The SMILES string of the molecule is O=C(Nc1ccc(Cl)cc1C(=O)c1ccccc1)c1ccn(COc2ccc(Cl)cc2Br)n1. The molecule has 0 spiro atoms. The molecule has 1 heterocycles. The van der Waals surface area contributed by atoms with Crippen LogP contribution < -0.4 is 10.1 Å². The smallest absolute Gasteiger partial charge is 0.276 e. The van der Waals surface area contributed by atoms with Gasteiger partial charge >= 0.3 is 0 Å². The van der Waals surface area contributed by atoms with Crippen LogP contribution >= 0.6 is 39.1 Å². The fourth-order valence-electron chi connectivity index (χ4n) is 3.03. The van der Waals surface area contributed by atoms with Crippen LogP contribution in [0, 0.1) is 0 Å². The molecular formula is C24H16BrCl2N3O3. The minimum Gasteiger partial charge on any atom is -0.470 e. The van der Waals surface area contributed by atoms with Crippen LogP contribution in [0.1, 0.15) is 26.4 Å². The van der Waals surface area contributed by atoms with Crippen molar-refractivity contribution in [3.05, 3.63) is 110 Å². The second-order valence-electron chi connectivity index (χ2n) is 6.93. The van der Waals surface area contributed by atoms with E-state index in [9.17, 15) is 9.59 Å². The van der Waals surface area contributed by atoms with E-state index in [1.807, 2.05) is 6.07 Å². The van der Waals surface area contributed by atoms with Crippen molar-refractivity contribution < 1.29 is 14.3 Å². The Morgan fingerprint density at radius 1 is 0.970 bits per heavy atom. The first-order valence-electron chi connectivity index (χ1n) is 9.72. The lowest BCUT2D eigenvalue weighted by atomic mass is 10.0. The highest BCUT2D eigenvalue weighted by atomic mass is 79.9. The fourth-order valence-corrected chi connectivity index (χ4v) is 4.00. The van der Waals surface area contributed by atoms with E-state index in [1.165, 1.54) is 10.7 Å². The molecule has 1 amide bonds. The maximum atomic E-state index is 13.0. The minimum absolute atomic E-state index is 0.0895. The van der Waals surface area contributed by atoms with E-state index in [0.29, 0.717) is 31.5 Å². The molecule has 166 valence electrons. The van der Waals surface area contributed by atoms with Crippen LogP contribution in [0.5, 0.6) is 5.75 Å². The molecule has 0 aliphatic heterocycles. The molecule has 0 atom stereocenters. The van der Waals surface area contributed by atoms with Gasteiger partial charge in [-0.3, -0.25) is 9.59 Å². The zero-order valence-corrected chi connectivity index (χ0v) is 20.1. The maximum absolute atomic E-state index is 13.0. The number of halogens is 3. The number of anilines is 1. The summed E-state index contributed by atoms with van der Waals surface area (Å²) in [6.07, 6.45) is 1.62. The van der Waals surface area contributed by atoms with Gasteiger partial charge in [-0.25, -0.2) is 4.68 Å². The van der Waals surface area contributed by atoms with Gasteiger partial charge in [0.1, 0.15) is 5.75 Å². The molecule has 0 aliphatic carbocycles. The molecule has 0 saturated carbocycles. The molecule has 9 heteroatoms. The van der Waals surface area contributed by atoms with Crippen molar-refractivity contribution in [3.63, 3.8) is 0 Å². The lowest BCUT2D eigenvalue weighted by molar-refractivity contribution is 0.102. The number of amides is 1. The van der Waals surface area contributed by atoms with Crippen LogP contribution in [-0.4, -0.2) is 21.5 Å². The summed E-state index contributed by atoms with van der Waals surface area (Å²) in [4.78, 5) is 25.7. The van der Waals surface area contributed by atoms with Gasteiger partial charge in [0.25, 0.3) is 5.91 Å². The first-order chi connectivity index (χ1) is 15.9. The number of nitrogens with one attached hydrogen (secondary N) is 1. The monoisotopic (exact) mass is 543 g/mol. The molecule has 6 nitrogen and oxygen atoms in total. The van der Waals surface area contributed by atoms with Gasteiger partial charge in [0.2, 0.25) is 0 Å². The molecule has 0 radical (unpaired) electrons. The first-order valence-corrected chi connectivity index (χ1v) is 11.3. The molecule has 0 unspecified atom stereocenters. The highest BCUT2D eigenvalue weighted by Crippen LogP contribution is 2.28. The number of carbonyl (C=O) groups excluding carboxylic acids is 2. The van der Waals surface area contributed by atoms with E-state index in [1.54, 1.807) is 66.9 Å². The lowest BCUT2D eigenvalue weighted by Gasteiger charge is -2.11. The van der Waals surface area contributed by atoms with Gasteiger partial charge in [0.15, 0.2) is 18.2 Å². The van der Waals surface area contributed by atoms with Crippen molar-refractivity contribution >= 4 is 56.5 Å². The van der Waals surface area contributed by atoms with E-state index >= 15 is 0 Å². The number of ketones is 1. The molecule has 33 heavy (non-hydrogen) atoms. The van der Waals surface area contributed by atoms with Gasteiger partial charge < -0.3 is 10.1 Å². The number of rotatable bonds is 7. The van der Waals surface area contributed by atoms with Crippen LogP contribution in [0.15, 0.2) is 83.5 Å². The molecule has 0 fully saturated rings. The standard InChI is InChI=1S/C24H16BrCl2N3O3/c25-19-13-17(27)7-9-22(19)33-14-30-11-10-21(29-30)24(32)28-20-8-6-16(26)12-18(20)23(31)15-4-2-1-3-5-15/h1-13H,14H2,(H,28,32). The second kappa shape index (κ2) is 10.2. The number of hydrogen-bond acceptors (Lipinski definition) is 4. The zero-order valence-electron chi connectivity index (χ0n) is 17.0. The summed E-state index contributed by atoms with van der Waals surface area (Å²) in [5.74, 6) is -0.127. The maximum Gasteiger partial charge on any atom is 0.276 e. The average molecular weight is 545 g/mol. The Hall–Kier alpha value is -3.13. The second-order valence-corrected chi connectivity index (χ2v) is 8.66. The predicted octanol–water partition coefficient (Wildman–Crippen LogP) is 6.47. The van der Waals surface area contributed by atoms with Crippen LogP contribution in [0.4, 0.5) is 5.69 Å². The Morgan fingerprint density at radius 3 is 2.45 bits per heavy atom. The Kier molecular flexibility index (Phi) is 7.13. The van der Waals surface area contributed by atoms with E-state index in [2.05, 4.69) is 26.3 Å². The van der Waals surface area contributed by atoms with Gasteiger partial charge in [-0.15, -0.1) is 0 Å². The summed E-state index contributed by atoms with van der Waals surface area (Å²) < 4.78 is 7.89. The third-order valence-electron chi connectivity index (χ3n) is 4.63. The molecule has 4 rings (SSSR count). The van der Waals surface area contributed by atoms with E-state index < -0.39 is 5.91 Å². The van der Waals surface area contributed by atoms with Crippen LogP contribution in [0.25, 0.3) is 0 Å². The number of nitrogens with zero attached hydrogens (tertiary/aromatic N) is 2. The summed E-state index contributed by atoms with van der Waals surface area (Å²) in [6, 6.07) is 20.2.